The number of hydrogen-bond acceptors (Lipinski definition) is 3. The van der Waals surface area contributed by atoms with Crippen LogP contribution in [0.4, 0.5) is 0 Å². The monoisotopic (exact) mass is 377 g/mol. The Balaban J connectivity index is 0.00000338. The van der Waals surface area contributed by atoms with Gasteiger partial charge in [-0.1, -0.05) is 62.7 Å². The van der Waals surface area contributed by atoms with Gasteiger partial charge in [0.05, 0.1) is 0 Å². The molecule has 0 aliphatic carbocycles. The van der Waals surface area contributed by atoms with Crippen LogP contribution >= 0.6 is 12.4 Å². The Bertz CT molecular complexity index is 626. The van der Waals surface area contributed by atoms with Crippen molar-refractivity contribution in [2.24, 2.45) is 0 Å². The quantitative estimate of drug-likeness (QED) is 0.644. The van der Waals surface area contributed by atoms with E-state index in [1.807, 2.05) is 12.1 Å². The van der Waals surface area contributed by atoms with Crippen LogP contribution < -0.4 is 10.1 Å². The minimum absolute atomic E-state index is 0. The van der Waals surface area contributed by atoms with E-state index in [4.69, 9.17) is 4.74 Å². The molecule has 0 amide bonds. The number of rotatable bonds is 9. The smallest absolute Gasteiger partial charge is 0.119 e. The molecule has 0 saturated heterocycles. The van der Waals surface area contributed by atoms with E-state index in [-0.39, 0.29) is 18.4 Å². The first-order chi connectivity index (χ1) is 12.0. The van der Waals surface area contributed by atoms with Crippen molar-refractivity contribution in [2.45, 2.75) is 52.2 Å². The van der Waals surface area contributed by atoms with E-state index in [1.165, 1.54) is 16.7 Å². The molecule has 2 rings (SSSR count). The first-order valence-corrected chi connectivity index (χ1v) is 9.20. The molecule has 0 fully saturated rings. The van der Waals surface area contributed by atoms with Crippen LogP contribution in [0.25, 0.3) is 0 Å². The van der Waals surface area contributed by atoms with Crippen LogP contribution in [0.3, 0.4) is 0 Å². The lowest BCUT2D eigenvalue weighted by Crippen LogP contribution is -2.33. The predicted molar refractivity (Wildman–Crippen MR) is 111 cm³/mol. The summed E-state index contributed by atoms with van der Waals surface area (Å²) in [6.45, 7) is 9.38. The van der Waals surface area contributed by atoms with Gasteiger partial charge in [0.25, 0.3) is 0 Å². The zero-order valence-electron chi connectivity index (χ0n) is 16.2. The Morgan fingerprint density at radius 1 is 0.962 bits per heavy atom. The summed E-state index contributed by atoms with van der Waals surface area (Å²) in [5, 5.41) is 13.6. The molecule has 2 atom stereocenters. The highest BCUT2D eigenvalue weighted by molar-refractivity contribution is 5.85. The highest BCUT2D eigenvalue weighted by Gasteiger charge is 2.12. The summed E-state index contributed by atoms with van der Waals surface area (Å²) >= 11 is 0. The topological polar surface area (TPSA) is 41.5 Å². The first kappa shape index (κ1) is 22.5. The molecule has 0 aliphatic heterocycles. The van der Waals surface area contributed by atoms with Gasteiger partial charge in [0.1, 0.15) is 18.5 Å². The summed E-state index contributed by atoms with van der Waals surface area (Å²) in [7, 11) is 0. The summed E-state index contributed by atoms with van der Waals surface area (Å²) in [5.41, 5.74) is 3.81. The molecular formula is C22H32ClNO2. The van der Waals surface area contributed by atoms with Crippen molar-refractivity contribution in [3.63, 3.8) is 0 Å². The zero-order chi connectivity index (χ0) is 18.2. The maximum absolute atomic E-state index is 10.2. The second-order valence-corrected chi connectivity index (χ2v) is 6.97. The Labute approximate surface area is 164 Å². The number of nitrogens with one attached hydrogen (secondary N) is 1. The molecule has 0 heterocycles. The second-order valence-electron chi connectivity index (χ2n) is 6.97. The van der Waals surface area contributed by atoms with E-state index in [2.05, 4.69) is 69.4 Å². The van der Waals surface area contributed by atoms with E-state index in [1.54, 1.807) is 0 Å². The van der Waals surface area contributed by atoms with Crippen LogP contribution in [0.2, 0.25) is 0 Å². The van der Waals surface area contributed by atoms with Gasteiger partial charge in [0.15, 0.2) is 0 Å². The van der Waals surface area contributed by atoms with Gasteiger partial charge in [0, 0.05) is 12.6 Å². The van der Waals surface area contributed by atoms with E-state index in [9.17, 15) is 5.11 Å². The van der Waals surface area contributed by atoms with Gasteiger partial charge in [-0.25, -0.2) is 0 Å². The van der Waals surface area contributed by atoms with Crippen molar-refractivity contribution in [3.05, 3.63) is 65.2 Å². The van der Waals surface area contributed by atoms with Crippen LogP contribution in [0, 0.1) is 6.92 Å². The number of ether oxygens (including phenoxy) is 1. The molecule has 0 aromatic heterocycles. The van der Waals surface area contributed by atoms with Crippen molar-refractivity contribution in [2.75, 3.05) is 13.2 Å². The molecule has 2 N–H and O–H groups in total. The highest BCUT2D eigenvalue weighted by atomic mass is 35.5. The number of aliphatic hydroxyl groups is 1. The maximum atomic E-state index is 10.2. The molecular weight excluding hydrogens is 346 g/mol. The van der Waals surface area contributed by atoms with Crippen LogP contribution in [-0.4, -0.2) is 24.4 Å². The van der Waals surface area contributed by atoms with Gasteiger partial charge in [-0.05, 0) is 42.5 Å². The van der Waals surface area contributed by atoms with Crippen LogP contribution in [0.15, 0.2) is 48.5 Å². The maximum Gasteiger partial charge on any atom is 0.119 e. The van der Waals surface area contributed by atoms with Crippen molar-refractivity contribution in [1.82, 2.24) is 5.32 Å². The normalized spacial score (nSPS) is 13.2. The minimum Gasteiger partial charge on any atom is -0.491 e. The fourth-order valence-electron chi connectivity index (χ4n) is 2.78. The van der Waals surface area contributed by atoms with Crippen molar-refractivity contribution in [3.8, 4) is 5.75 Å². The highest BCUT2D eigenvalue weighted by Crippen LogP contribution is 2.19. The third-order valence-electron chi connectivity index (χ3n) is 4.48. The van der Waals surface area contributed by atoms with E-state index >= 15 is 0 Å². The molecule has 26 heavy (non-hydrogen) atoms. The third kappa shape index (κ3) is 6.99. The Morgan fingerprint density at radius 3 is 2.08 bits per heavy atom. The van der Waals surface area contributed by atoms with Crippen molar-refractivity contribution >= 4 is 12.4 Å². The molecule has 4 heteroatoms. The Morgan fingerprint density at radius 2 is 1.54 bits per heavy atom. The number of aryl methyl sites for hydroxylation is 1. The summed E-state index contributed by atoms with van der Waals surface area (Å²) in [4.78, 5) is 0. The van der Waals surface area contributed by atoms with Gasteiger partial charge in [-0.3, -0.25) is 0 Å². The lowest BCUT2D eigenvalue weighted by atomic mass is 10.0. The van der Waals surface area contributed by atoms with Crippen LogP contribution in [-0.2, 0) is 0 Å². The molecule has 2 unspecified atom stereocenters. The van der Waals surface area contributed by atoms with Gasteiger partial charge in [-0.2, -0.15) is 0 Å². The fraction of sp³-hybridized carbons (Fsp3) is 0.455. The summed E-state index contributed by atoms with van der Waals surface area (Å²) in [6.07, 6.45) is 0.442. The summed E-state index contributed by atoms with van der Waals surface area (Å²) in [6, 6.07) is 16.9. The van der Waals surface area contributed by atoms with Gasteiger partial charge in [0.2, 0.25) is 0 Å². The van der Waals surface area contributed by atoms with Gasteiger partial charge < -0.3 is 15.2 Å². The second kappa shape index (κ2) is 11.2. The largest absolute Gasteiger partial charge is 0.491 e. The minimum atomic E-state index is -0.538. The van der Waals surface area contributed by atoms with Gasteiger partial charge >= 0.3 is 0 Å². The fourth-order valence-corrected chi connectivity index (χ4v) is 2.78. The number of aliphatic hydroxyl groups excluding tert-OH is 1. The molecule has 3 nitrogen and oxygen atoms in total. The molecule has 2 aromatic carbocycles. The molecule has 0 bridgehead atoms. The van der Waals surface area contributed by atoms with Gasteiger partial charge in [-0.15, -0.1) is 12.4 Å². The Hall–Kier alpha value is -1.55. The predicted octanol–water partition coefficient (Wildman–Crippen LogP) is 5.02. The average molecular weight is 378 g/mol. The summed E-state index contributed by atoms with van der Waals surface area (Å²) < 4.78 is 5.70. The first-order valence-electron chi connectivity index (χ1n) is 9.20. The van der Waals surface area contributed by atoms with Crippen molar-refractivity contribution < 1.29 is 9.84 Å². The third-order valence-corrected chi connectivity index (χ3v) is 4.48. The van der Waals surface area contributed by atoms with Crippen LogP contribution in [0.1, 0.15) is 55.8 Å². The average Bonchev–Trinajstić information content (AvgIpc) is 2.62. The zero-order valence-corrected chi connectivity index (χ0v) is 17.1. The summed E-state index contributed by atoms with van der Waals surface area (Å²) in [5.74, 6) is 1.31. The molecule has 0 radical (unpaired) electrons. The molecule has 0 spiro atoms. The number of halogens is 1. The molecule has 0 saturated carbocycles. The number of benzene rings is 2. The lowest BCUT2D eigenvalue weighted by molar-refractivity contribution is 0.103. The van der Waals surface area contributed by atoms with Crippen molar-refractivity contribution in [1.29, 1.82) is 0 Å². The number of hydrogen-bond donors (Lipinski definition) is 2. The SMILES string of the molecule is CCC(NCC(O)COc1ccc(C(C)C)cc1)c1ccc(C)cc1.Cl. The van der Waals surface area contributed by atoms with Crippen LogP contribution in [0.5, 0.6) is 5.75 Å². The Kier molecular flexibility index (Phi) is 9.71. The standard InChI is InChI=1S/C22H31NO2.ClH/c1-5-22(19-8-6-17(4)7-9-19)23-14-20(24)15-25-21-12-10-18(11-13-21)16(2)3;/h6-13,16,20,22-24H,5,14-15H2,1-4H3;1H. The van der Waals surface area contributed by atoms with E-state index < -0.39 is 6.10 Å². The molecule has 2 aromatic rings. The van der Waals surface area contributed by atoms with E-state index in [0.29, 0.717) is 19.1 Å². The lowest BCUT2D eigenvalue weighted by Gasteiger charge is -2.20. The molecule has 144 valence electrons. The molecule has 0 aliphatic rings. The van der Waals surface area contributed by atoms with E-state index in [0.717, 1.165) is 12.2 Å².